The Labute approximate surface area is 229 Å². The molecule has 0 atom stereocenters. The molecule has 40 heavy (non-hydrogen) atoms. The lowest BCUT2D eigenvalue weighted by molar-refractivity contribution is -0.384. The van der Waals surface area contributed by atoms with Crippen LogP contribution in [0.3, 0.4) is 0 Å². The minimum Gasteiger partial charge on any atom is -0.457 e. The molecule has 0 saturated carbocycles. The quantitative estimate of drug-likeness (QED) is 0.141. The topological polar surface area (TPSA) is 159 Å². The maximum Gasteiger partial charge on any atom is 0.338 e. The highest BCUT2D eigenvalue weighted by atomic mass is 16.6. The van der Waals surface area contributed by atoms with Crippen LogP contribution in [0.2, 0.25) is 0 Å². The predicted molar refractivity (Wildman–Crippen MR) is 143 cm³/mol. The van der Waals surface area contributed by atoms with Crippen LogP contribution in [0, 0.1) is 17.0 Å². The van der Waals surface area contributed by atoms with Gasteiger partial charge in [0.05, 0.1) is 10.5 Å². The van der Waals surface area contributed by atoms with Gasteiger partial charge in [-0.1, -0.05) is 42.0 Å². The number of esters is 2. The van der Waals surface area contributed by atoms with Crippen molar-refractivity contribution in [3.05, 3.63) is 105 Å². The molecule has 3 rings (SSSR count). The first-order chi connectivity index (χ1) is 19.1. The second-order valence-corrected chi connectivity index (χ2v) is 8.74. The summed E-state index contributed by atoms with van der Waals surface area (Å²) in [6.45, 7) is 0.933. The van der Waals surface area contributed by atoms with E-state index in [1.165, 1.54) is 42.5 Å². The standard InChI is InChI=1S/C29H26N2O9/c1-19-8-10-20(11-9-19)25(32)17-39-28(35)7-3-6-27(34)30-23-14-12-21(13-15-23)29(36)40-18-26(33)22-4-2-5-24(16-22)31(37)38/h2,4-5,8-16H,3,6-7,17-18H2,1H3,(H,30,34). The van der Waals surface area contributed by atoms with Crippen molar-refractivity contribution in [2.75, 3.05) is 18.5 Å². The van der Waals surface area contributed by atoms with E-state index in [0.29, 0.717) is 11.3 Å². The van der Waals surface area contributed by atoms with Crippen LogP contribution in [0.4, 0.5) is 11.4 Å². The van der Waals surface area contributed by atoms with E-state index in [4.69, 9.17) is 9.47 Å². The number of nitro groups is 1. The van der Waals surface area contributed by atoms with Crippen LogP contribution in [0.15, 0.2) is 72.8 Å². The molecule has 11 heteroatoms. The third kappa shape index (κ3) is 8.98. The van der Waals surface area contributed by atoms with Crippen molar-refractivity contribution in [3.8, 4) is 0 Å². The van der Waals surface area contributed by atoms with Crippen LogP contribution in [0.5, 0.6) is 0 Å². The summed E-state index contributed by atoms with van der Waals surface area (Å²) in [4.78, 5) is 70.8. The highest BCUT2D eigenvalue weighted by Gasteiger charge is 2.15. The number of nitrogens with one attached hydrogen (secondary N) is 1. The van der Waals surface area contributed by atoms with E-state index in [-0.39, 0.29) is 54.4 Å². The molecule has 3 aromatic carbocycles. The SMILES string of the molecule is Cc1ccc(C(=O)COC(=O)CCCC(=O)Nc2ccc(C(=O)OCC(=O)c3cccc([N+](=O)[O-])c3)cc2)cc1. The summed E-state index contributed by atoms with van der Waals surface area (Å²) < 4.78 is 9.98. The number of carbonyl (C=O) groups is 5. The largest absolute Gasteiger partial charge is 0.457 e. The van der Waals surface area contributed by atoms with E-state index in [9.17, 15) is 34.1 Å². The Hall–Kier alpha value is -5.19. The number of amides is 1. The summed E-state index contributed by atoms with van der Waals surface area (Å²) >= 11 is 0. The van der Waals surface area contributed by atoms with Gasteiger partial charge in [-0.05, 0) is 37.6 Å². The lowest BCUT2D eigenvalue weighted by Crippen LogP contribution is -2.16. The molecular weight excluding hydrogens is 520 g/mol. The van der Waals surface area contributed by atoms with Crippen molar-refractivity contribution in [1.82, 2.24) is 0 Å². The van der Waals surface area contributed by atoms with Gasteiger partial charge in [0.2, 0.25) is 11.7 Å². The first-order valence-electron chi connectivity index (χ1n) is 12.2. The van der Waals surface area contributed by atoms with Gasteiger partial charge in [0.25, 0.3) is 5.69 Å². The van der Waals surface area contributed by atoms with Gasteiger partial charge in [0.1, 0.15) is 0 Å². The third-order valence-corrected chi connectivity index (χ3v) is 5.64. The lowest BCUT2D eigenvalue weighted by atomic mass is 10.1. The Balaban J connectivity index is 1.36. The van der Waals surface area contributed by atoms with Crippen molar-refractivity contribution < 1.29 is 38.4 Å². The maximum absolute atomic E-state index is 12.2. The first kappa shape index (κ1) is 29.4. The zero-order chi connectivity index (χ0) is 29.1. The lowest BCUT2D eigenvalue weighted by Gasteiger charge is -2.08. The molecule has 0 spiro atoms. The molecule has 0 aliphatic carbocycles. The number of rotatable bonds is 13. The van der Waals surface area contributed by atoms with Gasteiger partial charge in [0, 0.05) is 41.8 Å². The average molecular weight is 547 g/mol. The number of nitrogens with zero attached hydrogens (tertiary/aromatic N) is 1. The number of anilines is 1. The monoisotopic (exact) mass is 546 g/mol. The van der Waals surface area contributed by atoms with E-state index in [1.54, 1.807) is 24.3 Å². The third-order valence-electron chi connectivity index (χ3n) is 5.64. The number of aryl methyl sites for hydroxylation is 1. The normalized spacial score (nSPS) is 10.3. The summed E-state index contributed by atoms with van der Waals surface area (Å²) in [6, 6.07) is 17.8. The first-order valence-corrected chi connectivity index (χ1v) is 12.2. The molecule has 0 heterocycles. The molecule has 3 aromatic rings. The van der Waals surface area contributed by atoms with Crippen LogP contribution in [0.1, 0.15) is 55.9 Å². The fourth-order valence-electron chi connectivity index (χ4n) is 3.44. The molecule has 0 saturated heterocycles. The van der Waals surface area contributed by atoms with Gasteiger partial charge in [-0.25, -0.2) is 4.79 Å². The molecule has 0 aliphatic heterocycles. The summed E-state index contributed by atoms with van der Waals surface area (Å²) in [5.41, 5.74) is 1.79. The smallest absolute Gasteiger partial charge is 0.338 e. The number of non-ortho nitro benzene ring substituents is 1. The molecule has 206 valence electrons. The molecule has 0 unspecified atom stereocenters. The van der Waals surface area contributed by atoms with Crippen LogP contribution >= 0.6 is 0 Å². The molecule has 0 aliphatic rings. The number of Topliss-reactive ketones (excluding diaryl/α,β-unsaturated/α-hetero) is 2. The molecule has 11 nitrogen and oxygen atoms in total. The van der Waals surface area contributed by atoms with Gasteiger partial charge in [-0.2, -0.15) is 0 Å². The molecule has 1 amide bonds. The number of ether oxygens (including phenoxy) is 2. The van der Waals surface area contributed by atoms with Gasteiger partial charge in [0.15, 0.2) is 19.0 Å². The number of nitro benzene ring substituents is 1. The Kier molecular flexibility index (Phi) is 10.4. The Morgan fingerprint density at radius 1 is 0.775 bits per heavy atom. The van der Waals surface area contributed by atoms with E-state index < -0.39 is 29.3 Å². The number of hydrogen-bond acceptors (Lipinski definition) is 9. The van der Waals surface area contributed by atoms with Crippen molar-refractivity contribution in [2.24, 2.45) is 0 Å². The summed E-state index contributed by atoms with van der Waals surface area (Å²) in [6.07, 6.45) is 0.214. The minimum atomic E-state index is -0.781. The zero-order valence-electron chi connectivity index (χ0n) is 21.6. The molecular formula is C29H26N2O9. The van der Waals surface area contributed by atoms with E-state index in [0.717, 1.165) is 11.6 Å². The Bertz CT molecular complexity index is 1410. The van der Waals surface area contributed by atoms with Gasteiger partial charge < -0.3 is 14.8 Å². The molecule has 0 fully saturated rings. The molecule has 0 aromatic heterocycles. The second-order valence-electron chi connectivity index (χ2n) is 8.74. The van der Waals surface area contributed by atoms with Crippen molar-refractivity contribution in [2.45, 2.75) is 26.2 Å². The van der Waals surface area contributed by atoms with Crippen LogP contribution < -0.4 is 5.32 Å². The summed E-state index contributed by atoms with van der Waals surface area (Å²) in [5.74, 6) is -2.63. The summed E-state index contributed by atoms with van der Waals surface area (Å²) in [5, 5.41) is 13.5. The highest BCUT2D eigenvalue weighted by Crippen LogP contribution is 2.15. The van der Waals surface area contributed by atoms with E-state index >= 15 is 0 Å². The zero-order valence-corrected chi connectivity index (χ0v) is 21.6. The molecule has 0 radical (unpaired) electrons. The van der Waals surface area contributed by atoms with Gasteiger partial charge in [-0.15, -0.1) is 0 Å². The van der Waals surface area contributed by atoms with Gasteiger partial charge >= 0.3 is 11.9 Å². The van der Waals surface area contributed by atoms with E-state index in [1.807, 2.05) is 6.92 Å². The number of carbonyl (C=O) groups excluding carboxylic acids is 5. The van der Waals surface area contributed by atoms with Crippen LogP contribution in [0.25, 0.3) is 0 Å². The molecule has 0 bridgehead atoms. The Morgan fingerprint density at radius 3 is 2.08 bits per heavy atom. The fraction of sp³-hybridized carbons (Fsp3) is 0.207. The van der Waals surface area contributed by atoms with E-state index in [2.05, 4.69) is 5.32 Å². The van der Waals surface area contributed by atoms with Crippen LogP contribution in [-0.4, -0.2) is 47.5 Å². The second kappa shape index (κ2) is 14.1. The number of hydrogen-bond donors (Lipinski definition) is 1. The summed E-state index contributed by atoms with van der Waals surface area (Å²) in [7, 11) is 0. The minimum absolute atomic E-state index is 0.0323. The number of benzene rings is 3. The average Bonchev–Trinajstić information content (AvgIpc) is 2.95. The number of ketones is 2. The molecule has 1 N–H and O–H groups in total. The fourth-order valence-corrected chi connectivity index (χ4v) is 3.44. The van der Waals surface area contributed by atoms with Crippen molar-refractivity contribution in [1.29, 1.82) is 0 Å². The van der Waals surface area contributed by atoms with Crippen LogP contribution in [-0.2, 0) is 19.1 Å². The maximum atomic E-state index is 12.2. The van der Waals surface area contributed by atoms with Crippen molar-refractivity contribution in [3.63, 3.8) is 0 Å². The highest BCUT2D eigenvalue weighted by molar-refractivity contribution is 6.00. The van der Waals surface area contributed by atoms with Crippen molar-refractivity contribution >= 4 is 40.8 Å². The Morgan fingerprint density at radius 2 is 1.40 bits per heavy atom. The van der Waals surface area contributed by atoms with Gasteiger partial charge in [-0.3, -0.25) is 29.3 Å². The predicted octanol–water partition coefficient (Wildman–Crippen LogP) is 4.48.